The molecule has 202 valence electrons. The summed E-state index contributed by atoms with van der Waals surface area (Å²) in [7, 11) is 4.17. The summed E-state index contributed by atoms with van der Waals surface area (Å²) in [5, 5.41) is 2.50. The highest BCUT2D eigenvalue weighted by molar-refractivity contribution is 6.08. The molecule has 0 radical (unpaired) electrons. The smallest absolute Gasteiger partial charge is 0.178 e. The molecule has 8 rings (SSSR count). The Labute approximate surface area is 242 Å². The van der Waals surface area contributed by atoms with Gasteiger partial charge in [0.25, 0.3) is 0 Å². The average molecular weight is 534 g/mol. The van der Waals surface area contributed by atoms with E-state index in [0.29, 0.717) is 0 Å². The van der Waals surface area contributed by atoms with Crippen LogP contribution in [0, 0.1) is 0 Å². The second-order valence-electron chi connectivity index (χ2n) is 12.2. The van der Waals surface area contributed by atoms with E-state index < -0.39 is 5.60 Å². The molecule has 1 atom stereocenters. The molecule has 1 heterocycles. The molecule has 1 spiro atoms. The Morgan fingerprint density at radius 2 is 1.32 bits per heavy atom. The average Bonchev–Trinajstić information content (AvgIpc) is 3.31. The lowest BCUT2D eigenvalue weighted by Crippen LogP contribution is -2.35. The van der Waals surface area contributed by atoms with E-state index >= 15 is 0 Å². The molecule has 0 saturated heterocycles. The maximum absolute atomic E-state index is 7.46. The Hall–Kier alpha value is -4.30. The molecular formula is C39H35NO. The maximum Gasteiger partial charge on any atom is 0.178 e. The zero-order valence-corrected chi connectivity index (χ0v) is 23.9. The van der Waals surface area contributed by atoms with Gasteiger partial charge in [-0.05, 0) is 58.7 Å². The Morgan fingerprint density at radius 1 is 0.659 bits per heavy atom. The summed E-state index contributed by atoms with van der Waals surface area (Å²) in [4.78, 5) is 2.14. The summed E-state index contributed by atoms with van der Waals surface area (Å²) >= 11 is 0. The van der Waals surface area contributed by atoms with Crippen LogP contribution < -0.4 is 9.64 Å². The summed E-state index contributed by atoms with van der Waals surface area (Å²) < 4.78 is 7.46. The standard InChI is InChI=1S/C39H35NO/c1-40(2)29-21-19-28(20-22-29)39(27-13-5-3-6-14-27)26-23-33-36-35(30-15-7-8-16-31(30)37(33)41-39)32-17-9-10-18-34(32)38(36)24-11-4-12-25-38/h3,5-10,13-23,26H,4,11-12,24-25H2,1-2H3. The minimum Gasteiger partial charge on any atom is -0.472 e. The highest BCUT2D eigenvalue weighted by Gasteiger charge is 2.48. The fraction of sp³-hybridized carbons (Fsp3) is 0.231. The van der Waals surface area contributed by atoms with E-state index in [9.17, 15) is 0 Å². The molecule has 1 saturated carbocycles. The number of ether oxygens (including phenoxy) is 1. The summed E-state index contributed by atoms with van der Waals surface area (Å²) in [6.45, 7) is 0. The van der Waals surface area contributed by atoms with Crippen LogP contribution in [0.15, 0.2) is 109 Å². The largest absolute Gasteiger partial charge is 0.472 e. The second-order valence-corrected chi connectivity index (χ2v) is 12.2. The van der Waals surface area contributed by atoms with Crippen molar-refractivity contribution in [3.63, 3.8) is 0 Å². The lowest BCUT2D eigenvalue weighted by Gasteiger charge is -2.41. The third-order valence-electron chi connectivity index (χ3n) is 9.87. The fourth-order valence-corrected chi connectivity index (χ4v) is 7.97. The second kappa shape index (κ2) is 9.11. The molecule has 0 N–H and O–H groups in total. The van der Waals surface area contributed by atoms with Gasteiger partial charge in [-0.1, -0.05) is 116 Å². The molecule has 1 unspecified atom stereocenters. The molecule has 5 aromatic rings. The van der Waals surface area contributed by atoms with E-state index in [1.807, 2.05) is 0 Å². The van der Waals surface area contributed by atoms with Crippen molar-refractivity contribution in [2.24, 2.45) is 0 Å². The lowest BCUT2D eigenvalue weighted by molar-refractivity contribution is 0.163. The van der Waals surface area contributed by atoms with Gasteiger partial charge in [-0.2, -0.15) is 0 Å². The van der Waals surface area contributed by atoms with E-state index in [1.54, 1.807) is 0 Å². The number of nitrogens with zero attached hydrogens (tertiary/aromatic N) is 1. The van der Waals surface area contributed by atoms with E-state index in [1.165, 1.54) is 76.4 Å². The molecule has 0 amide bonds. The van der Waals surface area contributed by atoms with E-state index in [2.05, 4.69) is 134 Å². The first kappa shape index (κ1) is 24.5. The van der Waals surface area contributed by atoms with Crippen LogP contribution in [0.5, 0.6) is 5.75 Å². The molecule has 0 bridgehead atoms. The fourth-order valence-electron chi connectivity index (χ4n) is 7.97. The van der Waals surface area contributed by atoms with Crippen molar-refractivity contribution in [3.05, 3.63) is 137 Å². The van der Waals surface area contributed by atoms with Crippen LogP contribution in [-0.4, -0.2) is 14.1 Å². The molecule has 1 aliphatic heterocycles. The summed E-state index contributed by atoms with van der Waals surface area (Å²) in [6.07, 6.45) is 11.0. The van der Waals surface area contributed by atoms with Crippen LogP contribution in [0.4, 0.5) is 5.69 Å². The van der Waals surface area contributed by atoms with Crippen molar-refractivity contribution in [1.82, 2.24) is 0 Å². The molecular weight excluding hydrogens is 498 g/mol. The van der Waals surface area contributed by atoms with Crippen molar-refractivity contribution >= 4 is 22.5 Å². The SMILES string of the molecule is CN(C)c1ccc(C2(c3ccccc3)C=Cc3c4c(c5ccccc5c3O2)-c2ccccc2C42CCCCC2)cc1. The van der Waals surface area contributed by atoms with Crippen LogP contribution >= 0.6 is 0 Å². The topological polar surface area (TPSA) is 12.5 Å². The van der Waals surface area contributed by atoms with Gasteiger partial charge in [0.2, 0.25) is 0 Å². The molecule has 5 aromatic carbocycles. The molecule has 2 aliphatic carbocycles. The Morgan fingerprint density at radius 3 is 2.07 bits per heavy atom. The Balaban J connectivity index is 1.43. The van der Waals surface area contributed by atoms with Crippen molar-refractivity contribution in [2.45, 2.75) is 43.1 Å². The van der Waals surface area contributed by atoms with Gasteiger partial charge >= 0.3 is 0 Å². The van der Waals surface area contributed by atoms with Crippen molar-refractivity contribution in [2.75, 3.05) is 19.0 Å². The van der Waals surface area contributed by atoms with Gasteiger partial charge in [0.15, 0.2) is 5.60 Å². The minimum absolute atomic E-state index is 0.0477. The number of anilines is 1. The molecule has 0 aromatic heterocycles. The van der Waals surface area contributed by atoms with E-state index in [0.717, 1.165) is 16.9 Å². The van der Waals surface area contributed by atoms with Crippen LogP contribution in [0.3, 0.4) is 0 Å². The summed E-state index contributed by atoms with van der Waals surface area (Å²) in [5.41, 5.74) is 9.90. The van der Waals surface area contributed by atoms with Gasteiger partial charge in [-0.15, -0.1) is 0 Å². The van der Waals surface area contributed by atoms with Gasteiger partial charge < -0.3 is 9.64 Å². The predicted octanol–water partition coefficient (Wildman–Crippen LogP) is 9.49. The maximum atomic E-state index is 7.46. The zero-order valence-electron chi connectivity index (χ0n) is 23.9. The van der Waals surface area contributed by atoms with E-state index in [-0.39, 0.29) is 5.41 Å². The number of hydrogen-bond donors (Lipinski definition) is 0. The molecule has 3 aliphatic rings. The van der Waals surface area contributed by atoms with Crippen molar-refractivity contribution in [3.8, 4) is 16.9 Å². The van der Waals surface area contributed by atoms with Gasteiger partial charge in [0, 0.05) is 47.3 Å². The monoisotopic (exact) mass is 533 g/mol. The number of rotatable bonds is 3. The minimum atomic E-state index is -0.721. The van der Waals surface area contributed by atoms with Gasteiger partial charge in [0.1, 0.15) is 5.75 Å². The normalized spacial score (nSPS) is 19.9. The van der Waals surface area contributed by atoms with Crippen LogP contribution in [0.25, 0.3) is 28.0 Å². The zero-order chi connectivity index (χ0) is 27.6. The van der Waals surface area contributed by atoms with Crippen LogP contribution in [0.1, 0.15) is 59.9 Å². The van der Waals surface area contributed by atoms with Crippen molar-refractivity contribution in [1.29, 1.82) is 0 Å². The summed E-state index contributed by atoms with van der Waals surface area (Å²) in [5.74, 6) is 1.01. The molecule has 2 heteroatoms. The van der Waals surface area contributed by atoms with Crippen LogP contribution in [-0.2, 0) is 11.0 Å². The highest BCUT2D eigenvalue weighted by atomic mass is 16.5. The van der Waals surface area contributed by atoms with Crippen LogP contribution in [0.2, 0.25) is 0 Å². The highest BCUT2D eigenvalue weighted by Crippen LogP contribution is 2.61. The number of benzene rings is 5. The predicted molar refractivity (Wildman–Crippen MR) is 171 cm³/mol. The molecule has 41 heavy (non-hydrogen) atoms. The van der Waals surface area contributed by atoms with Gasteiger partial charge in [-0.3, -0.25) is 0 Å². The van der Waals surface area contributed by atoms with Gasteiger partial charge in [0.05, 0.1) is 0 Å². The summed E-state index contributed by atoms with van der Waals surface area (Å²) in [6, 6.07) is 37.7. The third-order valence-corrected chi connectivity index (χ3v) is 9.87. The first-order valence-electron chi connectivity index (χ1n) is 15.0. The third kappa shape index (κ3) is 3.43. The first-order chi connectivity index (χ1) is 20.1. The lowest BCUT2D eigenvalue weighted by atomic mass is 9.66. The number of fused-ring (bicyclic) bond motifs is 10. The molecule has 2 nitrogen and oxygen atoms in total. The first-order valence-corrected chi connectivity index (χ1v) is 15.0. The quantitative estimate of drug-likeness (QED) is 0.229. The number of hydrogen-bond acceptors (Lipinski definition) is 2. The molecule has 1 fully saturated rings. The Bertz CT molecular complexity index is 1810. The van der Waals surface area contributed by atoms with E-state index in [4.69, 9.17) is 4.74 Å². The Kier molecular flexibility index (Phi) is 5.44. The van der Waals surface area contributed by atoms with Gasteiger partial charge in [-0.25, -0.2) is 0 Å². The van der Waals surface area contributed by atoms with Crippen molar-refractivity contribution < 1.29 is 4.74 Å².